The van der Waals surface area contributed by atoms with Crippen LogP contribution in [0.2, 0.25) is 0 Å². The molecule has 3 aromatic rings. The highest BCUT2D eigenvalue weighted by molar-refractivity contribution is 6.06. The van der Waals surface area contributed by atoms with Crippen LogP contribution in [0, 0.1) is 0 Å². The second-order valence-corrected chi connectivity index (χ2v) is 5.61. The van der Waals surface area contributed by atoms with E-state index in [4.69, 9.17) is 9.72 Å². The third-order valence-corrected chi connectivity index (χ3v) is 4.29. The van der Waals surface area contributed by atoms with Crippen LogP contribution in [0.1, 0.15) is 6.92 Å². The Morgan fingerprint density at radius 1 is 1.24 bits per heavy atom. The van der Waals surface area contributed by atoms with Gasteiger partial charge in [0.15, 0.2) is 0 Å². The standard InChI is InChI=1S/C16H18N4O/c1-11-10-21-8-7-20(11)15-4-3-12-13-9-17-6-5-14(13)19(2)16(12)18-15/h3-6,9,11H,7-8,10H2,1-2H3/t11-/m1/s1. The van der Waals surface area contributed by atoms with Gasteiger partial charge in [-0.2, -0.15) is 0 Å². The number of pyridine rings is 2. The lowest BCUT2D eigenvalue weighted by Crippen LogP contribution is -2.44. The first kappa shape index (κ1) is 12.6. The Morgan fingerprint density at radius 2 is 2.14 bits per heavy atom. The van der Waals surface area contributed by atoms with Gasteiger partial charge in [0.2, 0.25) is 0 Å². The predicted octanol–water partition coefficient (Wildman–Crippen LogP) is 2.35. The minimum atomic E-state index is 0.361. The van der Waals surface area contributed by atoms with Gasteiger partial charge in [-0.1, -0.05) is 0 Å². The van der Waals surface area contributed by atoms with Crippen molar-refractivity contribution in [2.45, 2.75) is 13.0 Å². The fourth-order valence-electron chi connectivity index (χ4n) is 3.13. The Hall–Kier alpha value is -2.14. The molecular weight excluding hydrogens is 264 g/mol. The summed E-state index contributed by atoms with van der Waals surface area (Å²) in [5, 5.41) is 2.31. The van der Waals surface area contributed by atoms with Crippen molar-refractivity contribution < 1.29 is 4.74 Å². The summed E-state index contributed by atoms with van der Waals surface area (Å²) in [5.41, 5.74) is 2.17. The second-order valence-electron chi connectivity index (χ2n) is 5.61. The van der Waals surface area contributed by atoms with E-state index in [-0.39, 0.29) is 0 Å². The number of nitrogens with zero attached hydrogens (tertiary/aromatic N) is 4. The fourth-order valence-corrected chi connectivity index (χ4v) is 3.13. The average Bonchev–Trinajstić information content (AvgIpc) is 2.81. The first-order chi connectivity index (χ1) is 10.3. The molecule has 0 amide bonds. The number of aryl methyl sites for hydroxylation is 1. The van der Waals surface area contributed by atoms with Crippen LogP contribution in [-0.4, -0.2) is 40.3 Å². The zero-order valence-corrected chi connectivity index (χ0v) is 12.3. The molecule has 3 aromatic heterocycles. The summed E-state index contributed by atoms with van der Waals surface area (Å²) < 4.78 is 7.65. The molecule has 5 heteroatoms. The number of ether oxygens (including phenoxy) is 1. The molecule has 0 N–H and O–H groups in total. The Balaban J connectivity index is 1.90. The van der Waals surface area contributed by atoms with Crippen molar-refractivity contribution in [2.75, 3.05) is 24.7 Å². The van der Waals surface area contributed by atoms with Gasteiger partial charge in [0.25, 0.3) is 0 Å². The first-order valence-electron chi connectivity index (χ1n) is 7.29. The topological polar surface area (TPSA) is 43.2 Å². The average molecular weight is 282 g/mol. The van der Waals surface area contributed by atoms with E-state index in [1.165, 1.54) is 5.52 Å². The SMILES string of the molecule is C[C@@H]1COCCN1c1ccc2c3cnccc3n(C)c2n1. The Labute approximate surface area is 123 Å². The predicted molar refractivity (Wildman–Crippen MR) is 83.6 cm³/mol. The molecule has 21 heavy (non-hydrogen) atoms. The van der Waals surface area contributed by atoms with Crippen LogP contribution in [0.5, 0.6) is 0 Å². The van der Waals surface area contributed by atoms with Crippen LogP contribution in [0.25, 0.3) is 21.9 Å². The molecular formula is C16H18N4O. The summed E-state index contributed by atoms with van der Waals surface area (Å²) in [4.78, 5) is 11.4. The van der Waals surface area contributed by atoms with Gasteiger partial charge in [-0.05, 0) is 25.1 Å². The molecule has 1 aliphatic rings. The molecule has 1 aliphatic heterocycles. The molecule has 0 aromatic carbocycles. The van der Waals surface area contributed by atoms with E-state index in [2.05, 4.69) is 40.6 Å². The summed E-state index contributed by atoms with van der Waals surface area (Å²) in [6, 6.07) is 6.66. The van der Waals surface area contributed by atoms with Crippen molar-refractivity contribution in [2.24, 2.45) is 7.05 Å². The van der Waals surface area contributed by atoms with Crippen LogP contribution in [0.3, 0.4) is 0 Å². The Kier molecular flexibility index (Phi) is 2.82. The number of hydrogen-bond donors (Lipinski definition) is 0. The maximum Gasteiger partial charge on any atom is 0.143 e. The highest BCUT2D eigenvalue weighted by Gasteiger charge is 2.21. The van der Waals surface area contributed by atoms with Gasteiger partial charge in [-0.25, -0.2) is 4.98 Å². The zero-order valence-electron chi connectivity index (χ0n) is 12.3. The number of fused-ring (bicyclic) bond motifs is 3. The van der Waals surface area contributed by atoms with Crippen molar-refractivity contribution in [1.29, 1.82) is 0 Å². The summed E-state index contributed by atoms with van der Waals surface area (Å²) >= 11 is 0. The fraction of sp³-hybridized carbons (Fsp3) is 0.375. The van der Waals surface area contributed by atoms with Gasteiger partial charge in [0.1, 0.15) is 11.5 Å². The second kappa shape index (κ2) is 4.70. The number of morpholine rings is 1. The van der Waals surface area contributed by atoms with E-state index in [9.17, 15) is 0 Å². The molecule has 0 aliphatic carbocycles. The van der Waals surface area contributed by atoms with Crippen molar-refractivity contribution >= 4 is 27.8 Å². The smallest absolute Gasteiger partial charge is 0.143 e. The first-order valence-corrected chi connectivity index (χ1v) is 7.29. The molecule has 1 fully saturated rings. The van der Waals surface area contributed by atoms with E-state index >= 15 is 0 Å². The number of aromatic nitrogens is 3. The number of hydrogen-bond acceptors (Lipinski definition) is 4. The van der Waals surface area contributed by atoms with Gasteiger partial charge in [0, 0.05) is 36.8 Å². The quantitative estimate of drug-likeness (QED) is 0.687. The third-order valence-electron chi connectivity index (χ3n) is 4.29. The molecule has 0 saturated carbocycles. The van der Waals surface area contributed by atoms with E-state index < -0.39 is 0 Å². The molecule has 4 heterocycles. The van der Waals surface area contributed by atoms with Crippen molar-refractivity contribution in [3.05, 3.63) is 30.6 Å². The van der Waals surface area contributed by atoms with E-state index in [1.807, 2.05) is 18.5 Å². The summed E-state index contributed by atoms with van der Waals surface area (Å²) in [6.07, 6.45) is 3.74. The minimum absolute atomic E-state index is 0.361. The van der Waals surface area contributed by atoms with Crippen LogP contribution in [0.4, 0.5) is 5.82 Å². The molecule has 0 bridgehead atoms. The molecule has 4 rings (SSSR count). The monoisotopic (exact) mass is 282 g/mol. The maximum atomic E-state index is 5.51. The molecule has 0 spiro atoms. The highest BCUT2D eigenvalue weighted by atomic mass is 16.5. The van der Waals surface area contributed by atoms with Gasteiger partial charge >= 0.3 is 0 Å². The van der Waals surface area contributed by atoms with Gasteiger partial charge in [0.05, 0.1) is 24.8 Å². The van der Waals surface area contributed by atoms with Crippen LogP contribution < -0.4 is 4.90 Å². The highest BCUT2D eigenvalue weighted by Crippen LogP contribution is 2.28. The zero-order chi connectivity index (χ0) is 14.4. The summed E-state index contributed by atoms with van der Waals surface area (Å²) in [5.74, 6) is 1.03. The van der Waals surface area contributed by atoms with Crippen LogP contribution >= 0.6 is 0 Å². The van der Waals surface area contributed by atoms with Gasteiger partial charge in [-0.3, -0.25) is 4.98 Å². The third kappa shape index (κ3) is 1.88. The number of anilines is 1. The van der Waals surface area contributed by atoms with Crippen LogP contribution in [0.15, 0.2) is 30.6 Å². The largest absolute Gasteiger partial charge is 0.377 e. The van der Waals surface area contributed by atoms with Gasteiger partial charge < -0.3 is 14.2 Å². The van der Waals surface area contributed by atoms with Crippen molar-refractivity contribution in [1.82, 2.24) is 14.5 Å². The normalized spacial score (nSPS) is 19.5. The Morgan fingerprint density at radius 3 is 3.00 bits per heavy atom. The van der Waals surface area contributed by atoms with Gasteiger partial charge in [-0.15, -0.1) is 0 Å². The lowest BCUT2D eigenvalue weighted by molar-refractivity contribution is 0.0985. The summed E-state index contributed by atoms with van der Waals surface area (Å²) in [6.45, 7) is 4.60. The van der Waals surface area contributed by atoms with E-state index in [1.54, 1.807) is 0 Å². The molecule has 1 saturated heterocycles. The van der Waals surface area contributed by atoms with Crippen LogP contribution in [-0.2, 0) is 11.8 Å². The molecule has 0 radical (unpaired) electrons. The minimum Gasteiger partial charge on any atom is -0.377 e. The maximum absolute atomic E-state index is 5.51. The molecule has 108 valence electrons. The lowest BCUT2D eigenvalue weighted by atomic mass is 10.2. The molecule has 0 unspecified atom stereocenters. The van der Waals surface area contributed by atoms with Crippen molar-refractivity contribution in [3.8, 4) is 0 Å². The van der Waals surface area contributed by atoms with Crippen molar-refractivity contribution in [3.63, 3.8) is 0 Å². The van der Waals surface area contributed by atoms with E-state index in [0.717, 1.165) is 42.0 Å². The Bertz CT molecular complexity index is 810. The van der Waals surface area contributed by atoms with E-state index in [0.29, 0.717) is 6.04 Å². The number of rotatable bonds is 1. The molecule has 1 atom stereocenters. The molecule has 5 nitrogen and oxygen atoms in total. The lowest BCUT2D eigenvalue weighted by Gasteiger charge is -2.34. The summed E-state index contributed by atoms with van der Waals surface area (Å²) in [7, 11) is 2.06.